The van der Waals surface area contributed by atoms with Crippen LogP contribution in [-0.4, -0.2) is 38.1 Å². The standard InChI is InChI=1S/C23H29N3O3S/c1-4-26(15-16-9-10-19(28-2)20(13-16)29-3)12-11-22(27)25-23-18(14-24)17-7-5-6-8-21(17)30-23/h9-10,13H,4-8,11-12,15H2,1-3H3,(H,25,27). The molecule has 0 saturated heterocycles. The first-order valence-electron chi connectivity index (χ1n) is 10.4. The predicted molar refractivity (Wildman–Crippen MR) is 119 cm³/mol. The summed E-state index contributed by atoms with van der Waals surface area (Å²) in [5.74, 6) is 1.36. The molecule has 0 unspecified atom stereocenters. The normalized spacial score (nSPS) is 12.9. The Bertz CT molecular complexity index is 933. The van der Waals surface area contributed by atoms with Gasteiger partial charge in [-0.3, -0.25) is 9.69 Å². The quantitative estimate of drug-likeness (QED) is 0.643. The number of nitriles is 1. The number of anilines is 1. The minimum Gasteiger partial charge on any atom is -0.493 e. The summed E-state index contributed by atoms with van der Waals surface area (Å²) in [6.45, 7) is 4.28. The molecule has 1 N–H and O–H groups in total. The van der Waals surface area contributed by atoms with Gasteiger partial charge in [0.1, 0.15) is 11.1 Å². The highest BCUT2D eigenvalue weighted by Gasteiger charge is 2.22. The molecule has 1 aromatic carbocycles. The summed E-state index contributed by atoms with van der Waals surface area (Å²) in [7, 11) is 3.25. The molecule has 6 nitrogen and oxygen atoms in total. The van der Waals surface area contributed by atoms with E-state index in [9.17, 15) is 10.1 Å². The van der Waals surface area contributed by atoms with Crippen LogP contribution in [0, 0.1) is 11.3 Å². The predicted octanol–water partition coefficient (Wildman–Crippen LogP) is 4.37. The molecule has 0 spiro atoms. The molecule has 160 valence electrons. The van der Waals surface area contributed by atoms with E-state index in [0.717, 1.165) is 54.9 Å². The van der Waals surface area contributed by atoms with Crippen LogP contribution in [0.1, 0.15) is 47.8 Å². The summed E-state index contributed by atoms with van der Waals surface area (Å²) in [5, 5.41) is 13.3. The Morgan fingerprint density at radius 3 is 2.70 bits per heavy atom. The molecule has 1 amide bonds. The number of nitrogens with zero attached hydrogens (tertiary/aromatic N) is 2. The van der Waals surface area contributed by atoms with Crippen LogP contribution in [0.5, 0.6) is 11.5 Å². The van der Waals surface area contributed by atoms with Gasteiger partial charge in [0.2, 0.25) is 5.91 Å². The topological polar surface area (TPSA) is 74.6 Å². The number of aryl methyl sites for hydroxylation is 1. The molecule has 0 atom stereocenters. The second-order valence-electron chi connectivity index (χ2n) is 7.38. The van der Waals surface area contributed by atoms with Crippen LogP contribution in [0.15, 0.2) is 18.2 Å². The van der Waals surface area contributed by atoms with E-state index in [1.165, 1.54) is 4.88 Å². The number of nitrogens with one attached hydrogen (secondary N) is 1. The molecule has 30 heavy (non-hydrogen) atoms. The summed E-state index contributed by atoms with van der Waals surface area (Å²) in [5.41, 5.74) is 2.92. The number of thiophene rings is 1. The highest BCUT2D eigenvalue weighted by molar-refractivity contribution is 7.16. The smallest absolute Gasteiger partial charge is 0.226 e. The van der Waals surface area contributed by atoms with E-state index in [1.54, 1.807) is 25.6 Å². The largest absolute Gasteiger partial charge is 0.493 e. The number of benzene rings is 1. The fourth-order valence-corrected chi connectivity index (χ4v) is 5.06. The van der Waals surface area contributed by atoms with Crippen molar-refractivity contribution in [3.63, 3.8) is 0 Å². The SMILES string of the molecule is CCN(CCC(=O)Nc1sc2c(c1C#N)CCCC2)Cc1ccc(OC)c(OC)c1. The lowest BCUT2D eigenvalue weighted by molar-refractivity contribution is -0.116. The van der Waals surface area contributed by atoms with Crippen LogP contribution in [0.25, 0.3) is 0 Å². The minimum absolute atomic E-state index is 0.0455. The lowest BCUT2D eigenvalue weighted by Crippen LogP contribution is -2.27. The number of amides is 1. The van der Waals surface area contributed by atoms with Crippen molar-refractivity contribution in [2.24, 2.45) is 0 Å². The Morgan fingerprint density at radius 2 is 2.00 bits per heavy atom. The summed E-state index contributed by atoms with van der Waals surface area (Å²) in [6, 6.07) is 8.18. The van der Waals surface area contributed by atoms with Gasteiger partial charge < -0.3 is 14.8 Å². The van der Waals surface area contributed by atoms with Gasteiger partial charge in [0.25, 0.3) is 0 Å². The number of rotatable bonds is 9. The lowest BCUT2D eigenvalue weighted by atomic mass is 9.96. The fourth-order valence-electron chi connectivity index (χ4n) is 3.81. The molecule has 0 fully saturated rings. The number of fused-ring (bicyclic) bond motifs is 1. The Balaban J connectivity index is 1.58. The number of ether oxygens (including phenoxy) is 2. The maximum atomic E-state index is 12.6. The fraction of sp³-hybridized carbons (Fsp3) is 0.478. The van der Waals surface area contributed by atoms with Crippen LogP contribution < -0.4 is 14.8 Å². The second kappa shape index (κ2) is 10.5. The number of carbonyl (C=O) groups is 1. The molecular formula is C23H29N3O3S. The Morgan fingerprint density at radius 1 is 1.23 bits per heavy atom. The lowest BCUT2D eigenvalue weighted by Gasteiger charge is -2.21. The molecule has 2 aromatic rings. The van der Waals surface area contributed by atoms with Crippen LogP contribution in [-0.2, 0) is 24.2 Å². The van der Waals surface area contributed by atoms with Gasteiger partial charge in [0.05, 0.1) is 19.8 Å². The number of hydrogen-bond acceptors (Lipinski definition) is 6. The first-order chi connectivity index (χ1) is 14.6. The van der Waals surface area contributed by atoms with E-state index in [0.29, 0.717) is 30.0 Å². The van der Waals surface area contributed by atoms with Gasteiger partial charge in [0.15, 0.2) is 11.5 Å². The Kier molecular flexibility index (Phi) is 7.72. The summed E-state index contributed by atoms with van der Waals surface area (Å²) < 4.78 is 10.7. The first-order valence-corrected chi connectivity index (χ1v) is 11.2. The third kappa shape index (κ3) is 5.13. The third-order valence-corrected chi connectivity index (χ3v) is 6.70. The molecule has 1 heterocycles. The van der Waals surface area contributed by atoms with Gasteiger partial charge in [-0.1, -0.05) is 13.0 Å². The Labute approximate surface area is 182 Å². The Hall–Kier alpha value is -2.56. The van der Waals surface area contributed by atoms with Crippen molar-refractivity contribution in [3.05, 3.63) is 39.8 Å². The molecule has 0 bridgehead atoms. The van der Waals surface area contributed by atoms with Gasteiger partial charge >= 0.3 is 0 Å². The summed E-state index contributed by atoms with van der Waals surface area (Å²) in [4.78, 5) is 16.0. The van der Waals surface area contributed by atoms with E-state index < -0.39 is 0 Å². The van der Waals surface area contributed by atoms with E-state index in [2.05, 4.69) is 23.2 Å². The van der Waals surface area contributed by atoms with Gasteiger partial charge in [-0.25, -0.2) is 0 Å². The zero-order valence-electron chi connectivity index (χ0n) is 17.9. The maximum Gasteiger partial charge on any atom is 0.226 e. The highest BCUT2D eigenvalue weighted by atomic mass is 32.1. The van der Waals surface area contributed by atoms with Crippen molar-refractivity contribution in [2.45, 2.75) is 45.6 Å². The zero-order valence-corrected chi connectivity index (χ0v) is 18.7. The van der Waals surface area contributed by atoms with Gasteiger partial charge in [0, 0.05) is 24.4 Å². The van der Waals surface area contributed by atoms with Crippen molar-refractivity contribution in [1.29, 1.82) is 5.26 Å². The van der Waals surface area contributed by atoms with E-state index in [1.807, 2.05) is 18.2 Å². The molecule has 1 aliphatic rings. The summed E-state index contributed by atoms with van der Waals surface area (Å²) in [6.07, 6.45) is 4.62. The minimum atomic E-state index is -0.0455. The zero-order chi connectivity index (χ0) is 21.5. The van der Waals surface area contributed by atoms with Crippen LogP contribution in [0.4, 0.5) is 5.00 Å². The van der Waals surface area contributed by atoms with E-state index >= 15 is 0 Å². The molecular weight excluding hydrogens is 398 g/mol. The molecule has 0 radical (unpaired) electrons. The number of hydrogen-bond donors (Lipinski definition) is 1. The van der Waals surface area contributed by atoms with Crippen molar-refractivity contribution in [3.8, 4) is 17.6 Å². The monoisotopic (exact) mass is 427 g/mol. The number of methoxy groups -OCH3 is 2. The van der Waals surface area contributed by atoms with E-state index in [4.69, 9.17) is 9.47 Å². The first kappa shape index (κ1) is 22.1. The van der Waals surface area contributed by atoms with Crippen LogP contribution in [0.2, 0.25) is 0 Å². The third-order valence-electron chi connectivity index (χ3n) is 5.49. The van der Waals surface area contributed by atoms with Crippen molar-refractivity contribution < 1.29 is 14.3 Å². The van der Waals surface area contributed by atoms with Crippen molar-refractivity contribution in [1.82, 2.24) is 4.90 Å². The van der Waals surface area contributed by atoms with E-state index in [-0.39, 0.29) is 5.91 Å². The van der Waals surface area contributed by atoms with Crippen LogP contribution >= 0.6 is 11.3 Å². The van der Waals surface area contributed by atoms with Crippen molar-refractivity contribution in [2.75, 3.05) is 32.6 Å². The molecule has 7 heteroatoms. The van der Waals surface area contributed by atoms with Crippen LogP contribution in [0.3, 0.4) is 0 Å². The van der Waals surface area contributed by atoms with Gasteiger partial charge in [-0.2, -0.15) is 5.26 Å². The second-order valence-corrected chi connectivity index (χ2v) is 8.49. The van der Waals surface area contributed by atoms with Crippen molar-refractivity contribution >= 4 is 22.2 Å². The average Bonchev–Trinajstić information content (AvgIpc) is 3.13. The molecule has 3 rings (SSSR count). The maximum absolute atomic E-state index is 12.6. The number of carbonyl (C=O) groups excluding carboxylic acids is 1. The molecule has 0 aliphatic heterocycles. The van der Waals surface area contributed by atoms with Gasteiger partial charge in [-0.15, -0.1) is 11.3 Å². The molecule has 0 saturated carbocycles. The molecule has 1 aromatic heterocycles. The molecule has 1 aliphatic carbocycles. The summed E-state index contributed by atoms with van der Waals surface area (Å²) >= 11 is 1.57. The highest BCUT2D eigenvalue weighted by Crippen LogP contribution is 2.37. The average molecular weight is 428 g/mol. The van der Waals surface area contributed by atoms with Gasteiger partial charge in [-0.05, 0) is 55.5 Å².